The fourth-order valence-corrected chi connectivity index (χ4v) is 2.95. The van der Waals surface area contributed by atoms with E-state index in [0.29, 0.717) is 0 Å². The molecular formula is C15H20BrN3O2. The first-order valence-corrected chi connectivity index (χ1v) is 7.86. The van der Waals surface area contributed by atoms with E-state index in [0.717, 1.165) is 36.1 Å². The molecule has 1 aromatic carbocycles. The number of rotatable bonds is 4. The highest BCUT2D eigenvalue weighted by Gasteiger charge is 2.28. The number of anilines is 1. The van der Waals surface area contributed by atoms with Gasteiger partial charge < -0.3 is 11.1 Å². The van der Waals surface area contributed by atoms with Gasteiger partial charge in [0.15, 0.2) is 0 Å². The molecule has 114 valence electrons. The first kappa shape index (κ1) is 16.0. The molecule has 1 atom stereocenters. The van der Waals surface area contributed by atoms with Gasteiger partial charge >= 0.3 is 0 Å². The van der Waals surface area contributed by atoms with Gasteiger partial charge in [-0.3, -0.25) is 14.5 Å². The molecule has 21 heavy (non-hydrogen) atoms. The van der Waals surface area contributed by atoms with Crippen molar-refractivity contribution >= 4 is 33.4 Å². The predicted molar refractivity (Wildman–Crippen MR) is 85.7 cm³/mol. The SMILES string of the molecule is C[C@@H](C(=O)Nc1cccc(Br)c1)N1CCC(C(N)=O)CC1. The van der Waals surface area contributed by atoms with Gasteiger partial charge in [0.25, 0.3) is 0 Å². The van der Waals surface area contributed by atoms with Crippen LogP contribution in [-0.4, -0.2) is 35.8 Å². The fraction of sp³-hybridized carbons (Fsp3) is 0.467. The highest BCUT2D eigenvalue weighted by atomic mass is 79.9. The molecule has 2 rings (SSSR count). The molecule has 6 heteroatoms. The smallest absolute Gasteiger partial charge is 0.241 e. The maximum absolute atomic E-state index is 12.3. The Morgan fingerprint density at radius 3 is 2.62 bits per heavy atom. The van der Waals surface area contributed by atoms with E-state index in [4.69, 9.17) is 5.73 Å². The quantitative estimate of drug-likeness (QED) is 0.868. The third kappa shape index (κ3) is 4.28. The zero-order valence-corrected chi connectivity index (χ0v) is 13.6. The zero-order valence-electron chi connectivity index (χ0n) is 12.0. The maximum atomic E-state index is 12.3. The molecule has 0 saturated carbocycles. The molecular weight excluding hydrogens is 334 g/mol. The van der Waals surface area contributed by atoms with Crippen LogP contribution in [0.15, 0.2) is 28.7 Å². The Labute approximate surface area is 133 Å². The van der Waals surface area contributed by atoms with Gasteiger partial charge in [0.2, 0.25) is 11.8 Å². The van der Waals surface area contributed by atoms with Gasteiger partial charge in [0.05, 0.1) is 6.04 Å². The lowest BCUT2D eigenvalue weighted by atomic mass is 9.95. The summed E-state index contributed by atoms with van der Waals surface area (Å²) < 4.78 is 0.926. The van der Waals surface area contributed by atoms with Crippen molar-refractivity contribution in [1.82, 2.24) is 4.90 Å². The number of halogens is 1. The Bertz CT molecular complexity index is 527. The Morgan fingerprint density at radius 2 is 2.05 bits per heavy atom. The number of benzene rings is 1. The van der Waals surface area contributed by atoms with Crippen LogP contribution in [0, 0.1) is 5.92 Å². The number of carbonyl (C=O) groups excluding carboxylic acids is 2. The Morgan fingerprint density at radius 1 is 1.38 bits per heavy atom. The average molecular weight is 354 g/mol. The van der Waals surface area contributed by atoms with Gasteiger partial charge in [0, 0.05) is 16.1 Å². The van der Waals surface area contributed by atoms with Crippen LogP contribution in [0.25, 0.3) is 0 Å². The Hall–Kier alpha value is -1.40. The minimum absolute atomic E-state index is 0.0365. The van der Waals surface area contributed by atoms with Crippen molar-refractivity contribution in [3.63, 3.8) is 0 Å². The molecule has 0 aliphatic carbocycles. The minimum Gasteiger partial charge on any atom is -0.369 e. The van der Waals surface area contributed by atoms with E-state index >= 15 is 0 Å². The zero-order chi connectivity index (χ0) is 15.4. The largest absolute Gasteiger partial charge is 0.369 e. The average Bonchev–Trinajstić information content (AvgIpc) is 2.46. The third-order valence-electron chi connectivity index (χ3n) is 3.95. The number of nitrogens with one attached hydrogen (secondary N) is 1. The number of amides is 2. The van der Waals surface area contributed by atoms with Gasteiger partial charge in [-0.2, -0.15) is 0 Å². The highest BCUT2D eigenvalue weighted by Crippen LogP contribution is 2.20. The van der Waals surface area contributed by atoms with E-state index in [1.165, 1.54) is 0 Å². The second-order valence-corrected chi connectivity index (χ2v) is 6.30. The number of likely N-dealkylation sites (tertiary alicyclic amines) is 1. The molecule has 0 unspecified atom stereocenters. The third-order valence-corrected chi connectivity index (χ3v) is 4.44. The van der Waals surface area contributed by atoms with Gasteiger partial charge in [-0.05, 0) is 51.1 Å². The molecule has 0 aromatic heterocycles. The lowest BCUT2D eigenvalue weighted by Gasteiger charge is -2.34. The summed E-state index contributed by atoms with van der Waals surface area (Å²) in [7, 11) is 0. The topological polar surface area (TPSA) is 75.4 Å². The molecule has 5 nitrogen and oxygen atoms in total. The van der Waals surface area contributed by atoms with Crippen LogP contribution in [0.2, 0.25) is 0 Å². The molecule has 0 spiro atoms. The number of nitrogens with zero attached hydrogens (tertiary/aromatic N) is 1. The number of primary amides is 1. The van der Waals surface area contributed by atoms with E-state index in [1.54, 1.807) is 0 Å². The molecule has 1 aliphatic rings. The molecule has 1 saturated heterocycles. The van der Waals surface area contributed by atoms with Crippen LogP contribution in [0.3, 0.4) is 0 Å². The van der Waals surface area contributed by atoms with Crippen molar-refractivity contribution in [2.24, 2.45) is 11.7 Å². The van der Waals surface area contributed by atoms with Crippen molar-refractivity contribution in [2.45, 2.75) is 25.8 Å². The van der Waals surface area contributed by atoms with Crippen molar-refractivity contribution in [1.29, 1.82) is 0 Å². The van der Waals surface area contributed by atoms with Crippen LogP contribution < -0.4 is 11.1 Å². The van der Waals surface area contributed by atoms with E-state index in [1.807, 2.05) is 31.2 Å². The lowest BCUT2D eigenvalue weighted by molar-refractivity contribution is -0.124. The van der Waals surface area contributed by atoms with Crippen LogP contribution >= 0.6 is 15.9 Å². The van der Waals surface area contributed by atoms with Crippen molar-refractivity contribution in [3.05, 3.63) is 28.7 Å². The Kier molecular flexibility index (Phi) is 5.36. The summed E-state index contributed by atoms with van der Waals surface area (Å²) in [5, 5.41) is 2.91. The second-order valence-electron chi connectivity index (χ2n) is 5.39. The summed E-state index contributed by atoms with van der Waals surface area (Å²) >= 11 is 3.38. The fourth-order valence-electron chi connectivity index (χ4n) is 2.55. The maximum Gasteiger partial charge on any atom is 0.241 e. The Balaban J connectivity index is 1.90. The summed E-state index contributed by atoms with van der Waals surface area (Å²) in [4.78, 5) is 25.5. The van der Waals surface area contributed by atoms with Gasteiger partial charge in [-0.25, -0.2) is 0 Å². The summed E-state index contributed by atoms with van der Waals surface area (Å²) in [5.74, 6) is -0.326. The van der Waals surface area contributed by atoms with Crippen LogP contribution in [-0.2, 0) is 9.59 Å². The summed E-state index contributed by atoms with van der Waals surface area (Å²) in [6.07, 6.45) is 1.45. The molecule has 0 radical (unpaired) electrons. The number of hydrogen-bond acceptors (Lipinski definition) is 3. The first-order valence-electron chi connectivity index (χ1n) is 7.07. The molecule has 0 bridgehead atoms. The van der Waals surface area contributed by atoms with Crippen LogP contribution in [0.1, 0.15) is 19.8 Å². The molecule has 3 N–H and O–H groups in total. The second kappa shape index (κ2) is 7.04. The molecule has 1 heterocycles. The molecule has 1 fully saturated rings. The monoisotopic (exact) mass is 353 g/mol. The van der Waals surface area contributed by atoms with E-state index in [-0.39, 0.29) is 23.8 Å². The normalized spacial score (nSPS) is 18.2. The summed E-state index contributed by atoms with van der Waals surface area (Å²) in [6, 6.07) is 7.28. The minimum atomic E-state index is -0.235. The highest BCUT2D eigenvalue weighted by molar-refractivity contribution is 9.10. The number of carbonyl (C=O) groups is 2. The van der Waals surface area contributed by atoms with Crippen LogP contribution in [0.4, 0.5) is 5.69 Å². The molecule has 2 amide bonds. The number of piperidine rings is 1. The molecule has 1 aromatic rings. The number of nitrogens with two attached hydrogens (primary N) is 1. The van der Waals surface area contributed by atoms with Gasteiger partial charge in [-0.15, -0.1) is 0 Å². The summed E-state index contributed by atoms with van der Waals surface area (Å²) in [5.41, 5.74) is 6.10. The van der Waals surface area contributed by atoms with Crippen LogP contribution in [0.5, 0.6) is 0 Å². The first-order chi connectivity index (χ1) is 9.97. The van der Waals surface area contributed by atoms with Gasteiger partial charge in [0.1, 0.15) is 0 Å². The van der Waals surface area contributed by atoms with E-state index < -0.39 is 0 Å². The predicted octanol–water partition coefficient (Wildman–Crippen LogP) is 1.97. The van der Waals surface area contributed by atoms with Gasteiger partial charge in [-0.1, -0.05) is 22.0 Å². The molecule has 1 aliphatic heterocycles. The number of hydrogen-bond donors (Lipinski definition) is 2. The standard InChI is InChI=1S/C15H20BrN3O2/c1-10(19-7-5-11(6-8-19)14(17)20)15(21)18-13-4-2-3-12(16)9-13/h2-4,9-11H,5-8H2,1H3,(H2,17,20)(H,18,21)/t10-/m0/s1. The van der Waals surface area contributed by atoms with Crippen molar-refractivity contribution in [2.75, 3.05) is 18.4 Å². The van der Waals surface area contributed by atoms with Crippen molar-refractivity contribution in [3.8, 4) is 0 Å². The lowest BCUT2D eigenvalue weighted by Crippen LogP contribution is -2.47. The van der Waals surface area contributed by atoms with E-state index in [9.17, 15) is 9.59 Å². The van der Waals surface area contributed by atoms with E-state index in [2.05, 4.69) is 26.1 Å². The van der Waals surface area contributed by atoms with Crippen molar-refractivity contribution < 1.29 is 9.59 Å². The summed E-state index contributed by atoms with van der Waals surface area (Å²) in [6.45, 7) is 3.33.